The van der Waals surface area contributed by atoms with E-state index >= 15 is 0 Å². The highest BCUT2D eigenvalue weighted by atomic mass is 16.5. The molecule has 0 aromatic carbocycles. The zero-order chi connectivity index (χ0) is 19.4. The Morgan fingerprint density at radius 1 is 0.875 bits per heavy atom. The molecule has 0 N–H and O–H groups in total. The number of nitrogens with zero attached hydrogens (tertiary/aromatic N) is 1. The molecule has 0 aromatic rings. The summed E-state index contributed by atoms with van der Waals surface area (Å²) in [6.45, 7) is 22.1. The largest absolute Gasteiger partial charge is 0.379 e. The molecular weight excluding hydrogens is 302 g/mol. The average Bonchev–Trinajstić information content (AvgIpc) is 2.32. The molecule has 4 heteroatoms. The van der Waals surface area contributed by atoms with Gasteiger partial charge in [-0.1, -0.05) is 20.8 Å². The third-order valence-corrected chi connectivity index (χ3v) is 4.07. The molecule has 0 unspecified atom stereocenters. The summed E-state index contributed by atoms with van der Waals surface area (Å²) in [4.78, 5) is 14.9. The SMILES string of the molecule is COC(C)(C)CCOC(C)(C)CC(=O)N(CC(C)(C)C)C(C)(C)C. The molecule has 0 fully saturated rings. The van der Waals surface area contributed by atoms with Gasteiger partial charge < -0.3 is 14.4 Å². The van der Waals surface area contributed by atoms with Crippen molar-refractivity contribution in [3.05, 3.63) is 0 Å². The van der Waals surface area contributed by atoms with Gasteiger partial charge in [0.05, 0.1) is 24.2 Å². The maximum Gasteiger partial charge on any atom is 0.225 e. The Kier molecular flexibility index (Phi) is 7.97. The lowest BCUT2D eigenvalue weighted by atomic mass is 9.91. The maximum atomic E-state index is 12.9. The minimum Gasteiger partial charge on any atom is -0.379 e. The highest BCUT2D eigenvalue weighted by Gasteiger charge is 2.34. The predicted octanol–water partition coefficient (Wildman–Crippen LogP) is 4.66. The van der Waals surface area contributed by atoms with Crippen LogP contribution in [0.3, 0.4) is 0 Å². The minimum atomic E-state index is -0.484. The lowest BCUT2D eigenvalue weighted by Crippen LogP contribution is -2.51. The number of carbonyl (C=O) groups is 1. The summed E-state index contributed by atoms with van der Waals surface area (Å²) >= 11 is 0. The van der Waals surface area contributed by atoms with Gasteiger partial charge in [-0.3, -0.25) is 4.79 Å². The van der Waals surface area contributed by atoms with Gasteiger partial charge in [0, 0.05) is 19.2 Å². The molecule has 0 heterocycles. The summed E-state index contributed by atoms with van der Waals surface area (Å²) in [6, 6.07) is 0. The molecule has 0 aliphatic heterocycles. The van der Waals surface area contributed by atoms with Crippen molar-refractivity contribution in [3.63, 3.8) is 0 Å². The van der Waals surface area contributed by atoms with Crippen molar-refractivity contribution in [1.29, 1.82) is 0 Å². The first-order chi connectivity index (χ1) is 10.5. The van der Waals surface area contributed by atoms with E-state index in [2.05, 4.69) is 41.5 Å². The van der Waals surface area contributed by atoms with E-state index in [1.807, 2.05) is 32.6 Å². The van der Waals surface area contributed by atoms with Crippen LogP contribution in [-0.4, -0.2) is 47.8 Å². The average molecular weight is 344 g/mol. The van der Waals surface area contributed by atoms with Crippen molar-refractivity contribution in [2.45, 2.75) is 98.8 Å². The molecule has 0 rings (SSSR count). The number of hydrogen-bond donors (Lipinski definition) is 0. The minimum absolute atomic E-state index is 0.0659. The lowest BCUT2D eigenvalue weighted by Gasteiger charge is -2.41. The highest BCUT2D eigenvalue weighted by Crippen LogP contribution is 2.26. The van der Waals surface area contributed by atoms with Gasteiger partial charge in [0.2, 0.25) is 5.91 Å². The Morgan fingerprint density at radius 2 is 1.38 bits per heavy atom. The van der Waals surface area contributed by atoms with Gasteiger partial charge in [0.1, 0.15) is 0 Å². The van der Waals surface area contributed by atoms with E-state index < -0.39 is 5.60 Å². The van der Waals surface area contributed by atoms with Crippen molar-refractivity contribution in [2.75, 3.05) is 20.3 Å². The molecule has 0 spiro atoms. The molecule has 24 heavy (non-hydrogen) atoms. The molecule has 4 nitrogen and oxygen atoms in total. The molecular formula is C20H41NO3. The number of hydrogen-bond acceptors (Lipinski definition) is 3. The zero-order valence-electron chi connectivity index (χ0n) is 18.0. The molecule has 0 aliphatic carbocycles. The quantitative estimate of drug-likeness (QED) is 0.643. The first-order valence-corrected chi connectivity index (χ1v) is 8.99. The van der Waals surface area contributed by atoms with Crippen molar-refractivity contribution in [2.24, 2.45) is 5.41 Å². The van der Waals surface area contributed by atoms with Crippen LogP contribution in [0.5, 0.6) is 0 Å². The van der Waals surface area contributed by atoms with Crippen molar-refractivity contribution in [1.82, 2.24) is 4.90 Å². The van der Waals surface area contributed by atoms with E-state index in [1.54, 1.807) is 7.11 Å². The summed E-state index contributed by atoms with van der Waals surface area (Å²) in [5, 5.41) is 0. The molecule has 0 saturated carbocycles. The van der Waals surface area contributed by atoms with Crippen LogP contribution in [0, 0.1) is 5.41 Å². The fourth-order valence-corrected chi connectivity index (χ4v) is 2.36. The lowest BCUT2D eigenvalue weighted by molar-refractivity contribution is -0.145. The highest BCUT2D eigenvalue weighted by molar-refractivity contribution is 5.78. The third kappa shape index (κ3) is 9.63. The molecule has 0 saturated heterocycles. The summed E-state index contributed by atoms with van der Waals surface area (Å²) in [5.41, 5.74) is -0.818. The second-order valence-electron chi connectivity index (χ2n) is 10.2. The monoisotopic (exact) mass is 343 g/mol. The second-order valence-corrected chi connectivity index (χ2v) is 10.2. The Balaban J connectivity index is 4.83. The van der Waals surface area contributed by atoms with E-state index in [0.29, 0.717) is 13.0 Å². The van der Waals surface area contributed by atoms with E-state index in [-0.39, 0.29) is 22.5 Å². The van der Waals surface area contributed by atoms with Gasteiger partial charge in [0.25, 0.3) is 0 Å². The van der Waals surface area contributed by atoms with Crippen LogP contribution >= 0.6 is 0 Å². The maximum absolute atomic E-state index is 12.9. The fraction of sp³-hybridized carbons (Fsp3) is 0.950. The van der Waals surface area contributed by atoms with Gasteiger partial charge in [0.15, 0.2) is 0 Å². The molecule has 0 atom stereocenters. The topological polar surface area (TPSA) is 38.8 Å². The van der Waals surface area contributed by atoms with E-state index in [4.69, 9.17) is 9.47 Å². The van der Waals surface area contributed by atoms with Crippen LogP contribution < -0.4 is 0 Å². The Labute approximate surface area is 150 Å². The standard InChI is InChI=1S/C20H41NO3/c1-17(2,3)15-21(18(4,5)6)16(22)14-20(9,10)24-13-12-19(7,8)23-11/h12-15H2,1-11H3. The fourth-order valence-electron chi connectivity index (χ4n) is 2.36. The third-order valence-electron chi connectivity index (χ3n) is 4.07. The van der Waals surface area contributed by atoms with Crippen molar-refractivity contribution in [3.8, 4) is 0 Å². The first kappa shape index (κ1) is 23.4. The van der Waals surface area contributed by atoms with Crippen LogP contribution in [0.4, 0.5) is 0 Å². The summed E-state index contributed by atoms with van der Waals surface area (Å²) in [6.07, 6.45) is 1.18. The zero-order valence-corrected chi connectivity index (χ0v) is 18.0. The number of methoxy groups -OCH3 is 1. The predicted molar refractivity (Wildman–Crippen MR) is 101 cm³/mol. The van der Waals surface area contributed by atoms with Crippen molar-refractivity contribution >= 4 is 5.91 Å². The van der Waals surface area contributed by atoms with Crippen LogP contribution in [0.1, 0.15) is 82.1 Å². The number of rotatable bonds is 8. The summed E-state index contributed by atoms with van der Waals surface area (Å²) < 4.78 is 11.4. The normalized spacial score (nSPS) is 14.0. The van der Waals surface area contributed by atoms with Gasteiger partial charge in [-0.2, -0.15) is 0 Å². The van der Waals surface area contributed by atoms with E-state index in [9.17, 15) is 4.79 Å². The van der Waals surface area contributed by atoms with Gasteiger partial charge >= 0.3 is 0 Å². The molecule has 1 amide bonds. The van der Waals surface area contributed by atoms with Crippen LogP contribution in [0.2, 0.25) is 0 Å². The van der Waals surface area contributed by atoms with E-state index in [1.165, 1.54) is 0 Å². The number of ether oxygens (including phenoxy) is 2. The smallest absolute Gasteiger partial charge is 0.225 e. The van der Waals surface area contributed by atoms with Crippen LogP contribution in [-0.2, 0) is 14.3 Å². The molecule has 0 aliphatic rings. The Morgan fingerprint density at radius 3 is 1.75 bits per heavy atom. The Hall–Kier alpha value is -0.610. The van der Waals surface area contributed by atoms with Crippen LogP contribution in [0.15, 0.2) is 0 Å². The summed E-state index contributed by atoms with van der Waals surface area (Å²) in [5.74, 6) is 0.147. The Bertz CT molecular complexity index is 400. The molecule has 0 bridgehead atoms. The second kappa shape index (κ2) is 8.18. The van der Waals surface area contributed by atoms with Crippen LogP contribution in [0.25, 0.3) is 0 Å². The first-order valence-electron chi connectivity index (χ1n) is 8.99. The van der Waals surface area contributed by atoms with Crippen molar-refractivity contribution < 1.29 is 14.3 Å². The van der Waals surface area contributed by atoms with E-state index in [0.717, 1.165) is 13.0 Å². The molecule has 144 valence electrons. The number of amides is 1. The number of carbonyl (C=O) groups excluding carboxylic acids is 1. The molecule has 0 aromatic heterocycles. The van der Waals surface area contributed by atoms with Gasteiger partial charge in [-0.15, -0.1) is 0 Å². The van der Waals surface area contributed by atoms with Gasteiger partial charge in [-0.25, -0.2) is 0 Å². The molecule has 0 radical (unpaired) electrons. The van der Waals surface area contributed by atoms with Gasteiger partial charge in [-0.05, 0) is 60.3 Å². The summed E-state index contributed by atoms with van der Waals surface area (Å²) in [7, 11) is 1.71.